The van der Waals surface area contributed by atoms with Crippen molar-refractivity contribution in [1.82, 2.24) is 9.88 Å². The van der Waals surface area contributed by atoms with Crippen LogP contribution in [0.2, 0.25) is 0 Å². The Morgan fingerprint density at radius 1 is 1.00 bits per heavy atom. The molecule has 0 saturated carbocycles. The molecule has 1 atom stereocenters. The lowest BCUT2D eigenvalue weighted by atomic mass is 10.1. The van der Waals surface area contributed by atoms with Crippen LogP contribution in [0.15, 0.2) is 59.6 Å². The van der Waals surface area contributed by atoms with E-state index in [1.807, 2.05) is 35.2 Å². The number of nitrogens with zero attached hydrogens (tertiary/aromatic N) is 1. The summed E-state index contributed by atoms with van der Waals surface area (Å²) in [4.78, 5) is 4.93. The number of para-hydroxylation sites is 2. The summed E-state index contributed by atoms with van der Waals surface area (Å²) in [6.07, 6.45) is 2.42. The third-order valence-electron chi connectivity index (χ3n) is 5.01. The van der Waals surface area contributed by atoms with Gasteiger partial charge in [0.25, 0.3) is 10.0 Å². The zero-order chi connectivity index (χ0) is 18.9. The largest absolute Gasteiger partial charge is 0.374 e. The molecule has 7 heteroatoms. The molecule has 27 heavy (non-hydrogen) atoms. The van der Waals surface area contributed by atoms with Gasteiger partial charge in [-0.25, -0.2) is 0 Å². The number of hydrogen-bond acceptors (Lipinski definition) is 4. The number of nitrogens with one attached hydrogen (secondary N) is 2. The van der Waals surface area contributed by atoms with Crippen molar-refractivity contribution in [3.8, 4) is 0 Å². The predicted molar refractivity (Wildman–Crippen MR) is 106 cm³/mol. The molecule has 142 valence electrons. The molecule has 3 aromatic rings. The highest BCUT2D eigenvalue weighted by atomic mass is 32.2. The Labute approximate surface area is 158 Å². The van der Waals surface area contributed by atoms with Crippen molar-refractivity contribution >= 4 is 26.6 Å². The summed E-state index contributed by atoms with van der Waals surface area (Å²) in [6, 6.07) is 16.0. The first-order chi connectivity index (χ1) is 13.0. The van der Waals surface area contributed by atoms with Crippen molar-refractivity contribution in [2.75, 3.05) is 17.8 Å². The Morgan fingerprint density at radius 3 is 2.48 bits per heavy atom. The first-order valence-corrected chi connectivity index (χ1v) is 10.6. The number of H-pyrrole nitrogens is 1. The molecule has 1 unspecified atom stereocenters. The summed E-state index contributed by atoms with van der Waals surface area (Å²) in [7, 11) is -3.80. The van der Waals surface area contributed by atoms with E-state index >= 15 is 0 Å². The van der Waals surface area contributed by atoms with Crippen LogP contribution < -0.4 is 4.72 Å². The molecule has 1 aliphatic heterocycles. The Balaban J connectivity index is 1.63. The maximum atomic E-state index is 12.9. The topological polar surface area (TPSA) is 85.4 Å². The van der Waals surface area contributed by atoms with E-state index in [0.29, 0.717) is 11.3 Å². The number of fused-ring (bicyclic) bond motifs is 1. The first kappa shape index (κ1) is 18.0. The maximum absolute atomic E-state index is 12.9. The summed E-state index contributed by atoms with van der Waals surface area (Å²) < 4.78 is 28.4. The van der Waals surface area contributed by atoms with Crippen molar-refractivity contribution in [2.45, 2.75) is 30.5 Å². The van der Waals surface area contributed by atoms with Gasteiger partial charge in [0.15, 0.2) is 5.03 Å². The molecular formula is C20H23N3O3S. The summed E-state index contributed by atoms with van der Waals surface area (Å²) in [5.74, 6) is 0. The Morgan fingerprint density at radius 2 is 1.70 bits per heavy atom. The normalized spacial score (nSPS) is 17.1. The van der Waals surface area contributed by atoms with Crippen LogP contribution in [0.5, 0.6) is 0 Å². The van der Waals surface area contributed by atoms with Gasteiger partial charge in [-0.2, -0.15) is 8.42 Å². The SMILES string of the molecule is O=S(=O)(Nc1ccccc1C(O)N1CCCCC1)c1cc2ccccc2[nH]1. The number of piperidine rings is 1. The van der Waals surface area contributed by atoms with Gasteiger partial charge in [0, 0.05) is 29.6 Å². The second kappa shape index (κ2) is 7.34. The molecule has 1 fully saturated rings. The fraction of sp³-hybridized carbons (Fsp3) is 0.300. The highest BCUT2D eigenvalue weighted by Gasteiger charge is 2.24. The summed E-state index contributed by atoms with van der Waals surface area (Å²) in [5, 5.41) is 11.7. The summed E-state index contributed by atoms with van der Waals surface area (Å²) in [5.41, 5.74) is 1.73. The van der Waals surface area contributed by atoms with E-state index in [4.69, 9.17) is 0 Å². The van der Waals surface area contributed by atoms with Gasteiger partial charge in [0.05, 0.1) is 5.69 Å². The number of likely N-dealkylation sites (tertiary alicyclic amines) is 1. The van der Waals surface area contributed by atoms with Crippen molar-refractivity contribution in [3.63, 3.8) is 0 Å². The minimum absolute atomic E-state index is 0.103. The number of rotatable bonds is 5. The molecule has 2 aromatic carbocycles. The van der Waals surface area contributed by atoms with Crippen LogP contribution in [0.25, 0.3) is 10.9 Å². The van der Waals surface area contributed by atoms with Crippen LogP contribution in [-0.2, 0) is 10.0 Å². The van der Waals surface area contributed by atoms with Gasteiger partial charge in [-0.15, -0.1) is 0 Å². The third kappa shape index (κ3) is 3.71. The van der Waals surface area contributed by atoms with E-state index in [1.165, 1.54) is 0 Å². The van der Waals surface area contributed by atoms with Gasteiger partial charge in [0.1, 0.15) is 6.23 Å². The minimum atomic E-state index is -3.80. The Kier molecular flexibility index (Phi) is 4.90. The average Bonchev–Trinajstić information content (AvgIpc) is 3.14. The van der Waals surface area contributed by atoms with Crippen LogP contribution in [0.4, 0.5) is 5.69 Å². The number of aliphatic hydroxyl groups is 1. The van der Waals surface area contributed by atoms with Crippen LogP contribution in [-0.4, -0.2) is 36.5 Å². The molecule has 2 heterocycles. The number of benzene rings is 2. The van der Waals surface area contributed by atoms with E-state index in [9.17, 15) is 13.5 Å². The number of hydrogen-bond donors (Lipinski definition) is 3. The second-order valence-corrected chi connectivity index (χ2v) is 8.53. The highest BCUT2D eigenvalue weighted by Crippen LogP contribution is 2.30. The number of aliphatic hydroxyl groups excluding tert-OH is 1. The lowest BCUT2D eigenvalue weighted by Crippen LogP contribution is -2.34. The van der Waals surface area contributed by atoms with E-state index in [-0.39, 0.29) is 5.03 Å². The van der Waals surface area contributed by atoms with Crippen LogP contribution >= 0.6 is 0 Å². The van der Waals surface area contributed by atoms with Gasteiger partial charge < -0.3 is 10.1 Å². The van der Waals surface area contributed by atoms with Crippen molar-refractivity contribution < 1.29 is 13.5 Å². The Bertz CT molecular complexity index is 1010. The molecule has 0 radical (unpaired) electrons. The first-order valence-electron chi connectivity index (χ1n) is 9.16. The standard InChI is InChI=1S/C20H23N3O3S/c24-20(23-12-6-1-7-13-23)16-9-3-5-11-18(16)22-27(25,26)19-14-15-8-2-4-10-17(15)21-19/h2-5,8-11,14,20-22,24H,1,6-7,12-13H2. The van der Waals surface area contributed by atoms with Crippen molar-refractivity contribution in [1.29, 1.82) is 0 Å². The van der Waals surface area contributed by atoms with Crippen molar-refractivity contribution in [3.05, 3.63) is 60.2 Å². The summed E-state index contributed by atoms with van der Waals surface area (Å²) >= 11 is 0. The van der Waals surface area contributed by atoms with E-state index < -0.39 is 16.3 Å². The average molecular weight is 385 g/mol. The quantitative estimate of drug-likeness (QED) is 0.628. The molecule has 0 spiro atoms. The van der Waals surface area contributed by atoms with E-state index in [2.05, 4.69) is 9.71 Å². The molecule has 3 N–H and O–H groups in total. The molecular weight excluding hydrogens is 362 g/mol. The van der Waals surface area contributed by atoms with Crippen LogP contribution in [0, 0.1) is 0 Å². The number of sulfonamides is 1. The number of aromatic amines is 1. The zero-order valence-corrected chi connectivity index (χ0v) is 15.7. The van der Waals surface area contributed by atoms with Gasteiger partial charge in [-0.3, -0.25) is 9.62 Å². The van der Waals surface area contributed by atoms with Crippen LogP contribution in [0.1, 0.15) is 31.1 Å². The minimum Gasteiger partial charge on any atom is -0.374 e. The van der Waals surface area contributed by atoms with Gasteiger partial charge in [-0.05, 0) is 31.0 Å². The molecule has 1 aliphatic rings. The Hall–Kier alpha value is -2.35. The fourth-order valence-electron chi connectivity index (χ4n) is 3.57. The molecule has 6 nitrogen and oxygen atoms in total. The lowest BCUT2D eigenvalue weighted by Gasteiger charge is -2.32. The third-order valence-corrected chi connectivity index (χ3v) is 6.30. The van der Waals surface area contributed by atoms with E-state index in [0.717, 1.165) is 43.3 Å². The van der Waals surface area contributed by atoms with Crippen LogP contribution in [0.3, 0.4) is 0 Å². The smallest absolute Gasteiger partial charge is 0.277 e. The van der Waals surface area contributed by atoms with Crippen molar-refractivity contribution in [2.24, 2.45) is 0 Å². The predicted octanol–water partition coefficient (Wildman–Crippen LogP) is 3.45. The highest BCUT2D eigenvalue weighted by molar-refractivity contribution is 7.92. The molecule has 1 aromatic heterocycles. The van der Waals surface area contributed by atoms with Gasteiger partial charge >= 0.3 is 0 Å². The molecule has 0 amide bonds. The van der Waals surface area contributed by atoms with Gasteiger partial charge in [0.2, 0.25) is 0 Å². The monoisotopic (exact) mass is 385 g/mol. The summed E-state index contributed by atoms with van der Waals surface area (Å²) in [6.45, 7) is 1.62. The fourth-order valence-corrected chi connectivity index (χ4v) is 4.68. The lowest BCUT2D eigenvalue weighted by molar-refractivity contribution is -0.00929. The molecule has 1 saturated heterocycles. The van der Waals surface area contributed by atoms with E-state index in [1.54, 1.807) is 24.3 Å². The molecule has 4 rings (SSSR count). The second-order valence-electron chi connectivity index (χ2n) is 6.88. The molecule has 0 aliphatic carbocycles. The molecule has 0 bridgehead atoms. The zero-order valence-electron chi connectivity index (χ0n) is 14.9. The number of anilines is 1. The van der Waals surface area contributed by atoms with Gasteiger partial charge in [-0.1, -0.05) is 42.8 Å². The maximum Gasteiger partial charge on any atom is 0.277 e. The number of aromatic nitrogens is 1.